The summed E-state index contributed by atoms with van der Waals surface area (Å²) in [6.07, 6.45) is -0.895. The topological polar surface area (TPSA) is 70.7 Å². The first-order valence-corrected chi connectivity index (χ1v) is 4.95. The van der Waals surface area contributed by atoms with Crippen LogP contribution in [0, 0.1) is 6.92 Å². The van der Waals surface area contributed by atoms with E-state index in [4.69, 9.17) is 4.42 Å². The summed E-state index contributed by atoms with van der Waals surface area (Å²) in [7, 11) is 0. The molecule has 2 aromatic rings. The van der Waals surface area contributed by atoms with E-state index >= 15 is 0 Å². The van der Waals surface area contributed by atoms with Gasteiger partial charge in [-0.2, -0.15) is 0 Å². The largest absolute Gasteiger partial charge is 0.507 e. The SMILES string of the molecule is Cc1cc(=O)oc2c(C(C)O)c(O)ccc12. The molecule has 2 N–H and O–H groups in total. The third-order valence-electron chi connectivity index (χ3n) is 2.55. The minimum absolute atomic E-state index is 0.0729. The summed E-state index contributed by atoms with van der Waals surface area (Å²) < 4.78 is 5.04. The molecule has 1 unspecified atom stereocenters. The van der Waals surface area contributed by atoms with Crippen molar-refractivity contribution in [3.63, 3.8) is 0 Å². The van der Waals surface area contributed by atoms with Crippen molar-refractivity contribution in [2.45, 2.75) is 20.0 Å². The Hall–Kier alpha value is -1.81. The Labute approximate surface area is 91.8 Å². The first-order valence-electron chi connectivity index (χ1n) is 4.95. The van der Waals surface area contributed by atoms with Gasteiger partial charge in [0.2, 0.25) is 0 Å². The van der Waals surface area contributed by atoms with Crippen LogP contribution in [-0.4, -0.2) is 10.2 Å². The van der Waals surface area contributed by atoms with Gasteiger partial charge in [-0.05, 0) is 31.5 Å². The van der Waals surface area contributed by atoms with E-state index in [1.54, 1.807) is 13.0 Å². The number of benzene rings is 1. The Morgan fingerprint density at radius 2 is 2.06 bits per heavy atom. The second-order valence-corrected chi connectivity index (χ2v) is 3.80. The van der Waals surface area contributed by atoms with Crippen molar-refractivity contribution in [2.75, 3.05) is 0 Å². The number of hydrogen-bond acceptors (Lipinski definition) is 4. The molecular formula is C12H12O4. The molecule has 0 radical (unpaired) electrons. The van der Waals surface area contributed by atoms with Gasteiger partial charge in [0, 0.05) is 11.5 Å². The van der Waals surface area contributed by atoms with Crippen LogP contribution in [0.1, 0.15) is 24.2 Å². The maximum Gasteiger partial charge on any atom is 0.336 e. The fourth-order valence-electron chi connectivity index (χ4n) is 1.80. The fourth-order valence-corrected chi connectivity index (χ4v) is 1.80. The molecule has 2 rings (SSSR count). The zero-order valence-corrected chi connectivity index (χ0v) is 9.02. The molecule has 0 spiro atoms. The van der Waals surface area contributed by atoms with E-state index in [0.29, 0.717) is 5.39 Å². The summed E-state index contributed by atoms with van der Waals surface area (Å²) in [5.41, 5.74) is 0.768. The lowest BCUT2D eigenvalue weighted by molar-refractivity contribution is 0.195. The van der Waals surface area contributed by atoms with Crippen LogP contribution >= 0.6 is 0 Å². The summed E-state index contributed by atoms with van der Waals surface area (Å²) in [4.78, 5) is 11.3. The van der Waals surface area contributed by atoms with Gasteiger partial charge >= 0.3 is 5.63 Å². The minimum atomic E-state index is -0.895. The van der Waals surface area contributed by atoms with Crippen molar-refractivity contribution >= 4 is 11.0 Å². The Kier molecular flexibility index (Phi) is 2.44. The second kappa shape index (κ2) is 3.64. The predicted octanol–water partition coefficient (Wildman–Crippen LogP) is 1.86. The molecule has 1 aromatic carbocycles. The van der Waals surface area contributed by atoms with Crippen molar-refractivity contribution in [2.24, 2.45) is 0 Å². The summed E-state index contributed by atoms with van der Waals surface area (Å²) in [6, 6.07) is 4.53. The molecule has 0 aliphatic heterocycles. The molecule has 0 fully saturated rings. The molecule has 0 aliphatic rings. The van der Waals surface area contributed by atoms with Gasteiger partial charge in [0.15, 0.2) is 0 Å². The van der Waals surface area contributed by atoms with Gasteiger partial charge in [-0.15, -0.1) is 0 Å². The van der Waals surface area contributed by atoms with E-state index in [0.717, 1.165) is 5.56 Å². The minimum Gasteiger partial charge on any atom is -0.507 e. The molecule has 84 valence electrons. The predicted molar refractivity (Wildman–Crippen MR) is 59.5 cm³/mol. The summed E-state index contributed by atoms with van der Waals surface area (Å²) in [5.74, 6) is -0.0729. The Balaban J connectivity index is 2.97. The molecule has 0 saturated heterocycles. The number of phenolic OH excluding ortho intramolecular Hbond substituents is 1. The maximum atomic E-state index is 11.3. The zero-order valence-electron chi connectivity index (χ0n) is 9.02. The van der Waals surface area contributed by atoms with Crippen LogP contribution < -0.4 is 5.63 Å². The standard InChI is InChI=1S/C12H12O4/c1-6-5-10(15)16-12-8(6)3-4-9(14)11(12)7(2)13/h3-5,7,13-14H,1-2H3. The number of aryl methyl sites for hydroxylation is 1. The Bertz CT molecular complexity index is 596. The van der Waals surface area contributed by atoms with Gasteiger partial charge in [-0.3, -0.25) is 0 Å². The Morgan fingerprint density at radius 1 is 1.38 bits per heavy atom. The van der Waals surface area contributed by atoms with Crippen molar-refractivity contribution < 1.29 is 14.6 Å². The third-order valence-corrected chi connectivity index (χ3v) is 2.55. The van der Waals surface area contributed by atoms with Crippen LogP contribution in [0.5, 0.6) is 5.75 Å². The molecule has 1 heterocycles. The van der Waals surface area contributed by atoms with Crippen molar-refractivity contribution in [1.29, 1.82) is 0 Å². The van der Waals surface area contributed by atoms with Crippen LogP contribution in [0.4, 0.5) is 0 Å². The zero-order chi connectivity index (χ0) is 11.9. The lowest BCUT2D eigenvalue weighted by Crippen LogP contribution is -2.01. The molecule has 4 nitrogen and oxygen atoms in total. The van der Waals surface area contributed by atoms with Crippen LogP contribution in [0.2, 0.25) is 0 Å². The average molecular weight is 220 g/mol. The van der Waals surface area contributed by atoms with Gasteiger partial charge in [0.25, 0.3) is 0 Å². The van der Waals surface area contributed by atoms with E-state index < -0.39 is 11.7 Å². The van der Waals surface area contributed by atoms with Gasteiger partial charge < -0.3 is 14.6 Å². The molecule has 16 heavy (non-hydrogen) atoms. The number of hydrogen-bond donors (Lipinski definition) is 2. The third kappa shape index (κ3) is 1.57. The summed E-state index contributed by atoms with van der Waals surface area (Å²) >= 11 is 0. The molecular weight excluding hydrogens is 208 g/mol. The first-order chi connectivity index (χ1) is 7.50. The Morgan fingerprint density at radius 3 is 2.69 bits per heavy atom. The van der Waals surface area contributed by atoms with E-state index in [1.165, 1.54) is 19.1 Å². The second-order valence-electron chi connectivity index (χ2n) is 3.80. The smallest absolute Gasteiger partial charge is 0.336 e. The quantitative estimate of drug-likeness (QED) is 0.719. The van der Waals surface area contributed by atoms with Gasteiger partial charge in [-0.25, -0.2) is 4.79 Å². The van der Waals surface area contributed by atoms with Crippen LogP contribution in [0.15, 0.2) is 27.4 Å². The lowest BCUT2D eigenvalue weighted by atomic mass is 10.0. The average Bonchev–Trinajstić information content (AvgIpc) is 2.15. The fraction of sp³-hybridized carbons (Fsp3) is 0.250. The van der Waals surface area contributed by atoms with Gasteiger partial charge in [0.1, 0.15) is 11.3 Å². The first kappa shape index (κ1) is 10.7. The van der Waals surface area contributed by atoms with E-state index in [1.807, 2.05) is 0 Å². The maximum absolute atomic E-state index is 11.3. The van der Waals surface area contributed by atoms with Crippen LogP contribution in [0.25, 0.3) is 11.0 Å². The van der Waals surface area contributed by atoms with Crippen molar-refractivity contribution in [1.82, 2.24) is 0 Å². The van der Waals surface area contributed by atoms with Crippen LogP contribution in [-0.2, 0) is 0 Å². The summed E-state index contributed by atoms with van der Waals surface area (Å²) in [6.45, 7) is 3.29. The number of phenols is 1. The van der Waals surface area contributed by atoms with E-state index in [9.17, 15) is 15.0 Å². The van der Waals surface area contributed by atoms with Gasteiger partial charge in [-0.1, -0.05) is 0 Å². The monoisotopic (exact) mass is 220 g/mol. The highest BCUT2D eigenvalue weighted by atomic mass is 16.4. The van der Waals surface area contributed by atoms with Crippen molar-refractivity contribution in [3.05, 3.63) is 39.7 Å². The lowest BCUT2D eigenvalue weighted by Gasteiger charge is -2.10. The highest BCUT2D eigenvalue weighted by molar-refractivity contribution is 5.85. The van der Waals surface area contributed by atoms with Crippen LogP contribution in [0.3, 0.4) is 0 Å². The number of fused-ring (bicyclic) bond motifs is 1. The number of rotatable bonds is 1. The highest BCUT2D eigenvalue weighted by Gasteiger charge is 2.15. The number of aromatic hydroxyl groups is 1. The number of aliphatic hydroxyl groups excluding tert-OH is 1. The molecule has 4 heteroatoms. The van der Waals surface area contributed by atoms with Gasteiger partial charge in [0.05, 0.1) is 11.7 Å². The van der Waals surface area contributed by atoms with E-state index in [-0.39, 0.29) is 16.9 Å². The molecule has 0 aliphatic carbocycles. The normalized spacial score (nSPS) is 12.9. The molecule has 0 amide bonds. The molecule has 0 saturated carbocycles. The molecule has 1 atom stereocenters. The molecule has 0 bridgehead atoms. The van der Waals surface area contributed by atoms with Crippen molar-refractivity contribution in [3.8, 4) is 5.75 Å². The molecule has 1 aromatic heterocycles. The highest BCUT2D eigenvalue weighted by Crippen LogP contribution is 2.32. The summed E-state index contributed by atoms with van der Waals surface area (Å²) in [5, 5.41) is 19.9. The number of aliphatic hydroxyl groups is 1. The van der Waals surface area contributed by atoms with E-state index in [2.05, 4.69) is 0 Å².